The van der Waals surface area contributed by atoms with Crippen LogP contribution in [-0.4, -0.2) is 23.9 Å². The maximum atomic E-state index is 11.6. The van der Waals surface area contributed by atoms with Gasteiger partial charge >= 0.3 is 0 Å². The van der Waals surface area contributed by atoms with E-state index in [0.717, 1.165) is 17.1 Å². The molecule has 1 aromatic rings. The van der Waals surface area contributed by atoms with E-state index >= 15 is 0 Å². The fraction of sp³-hybridized carbons (Fsp3) is 0.462. The van der Waals surface area contributed by atoms with Crippen molar-refractivity contribution >= 4 is 21.8 Å². The average Bonchev–Trinajstić information content (AvgIpc) is 2.37. The smallest absolute Gasteiger partial charge is 0.233 e. The number of rotatable bonds is 3. The summed E-state index contributed by atoms with van der Waals surface area (Å²) in [5, 5.41) is 2.92. The quantitative estimate of drug-likeness (QED) is 0.872. The molecule has 1 aliphatic rings. The number of alkyl halides is 1. The zero-order valence-corrected chi connectivity index (χ0v) is 12.0. The van der Waals surface area contributed by atoms with Crippen LogP contribution >= 0.6 is 15.9 Å². The molecule has 0 fully saturated rings. The minimum atomic E-state index is -0.197. The number of amides is 1. The van der Waals surface area contributed by atoms with Crippen molar-refractivity contribution < 1.29 is 14.3 Å². The molecule has 0 aliphatic carbocycles. The lowest BCUT2D eigenvalue weighted by atomic mass is 10.1. The van der Waals surface area contributed by atoms with Gasteiger partial charge in [-0.1, -0.05) is 22.0 Å². The third kappa shape index (κ3) is 2.96. The van der Waals surface area contributed by atoms with Crippen LogP contribution in [0.1, 0.15) is 25.5 Å². The standard InChI is InChI=1S/C13H16BrNO3/c1-8(14)13(16)15-9(2)10-3-4-11-12(7-10)18-6-5-17-11/h3-4,7-9H,5-6H2,1-2H3,(H,15,16). The van der Waals surface area contributed by atoms with Crippen LogP contribution in [0.2, 0.25) is 0 Å². The molecule has 0 saturated heterocycles. The highest BCUT2D eigenvalue weighted by molar-refractivity contribution is 9.10. The Kier molecular flexibility index (Phi) is 4.11. The predicted molar refractivity (Wildman–Crippen MR) is 72.4 cm³/mol. The zero-order chi connectivity index (χ0) is 13.1. The van der Waals surface area contributed by atoms with Crippen LogP contribution < -0.4 is 14.8 Å². The van der Waals surface area contributed by atoms with Gasteiger partial charge in [0.15, 0.2) is 11.5 Å². The molecule has 0 spiro atoms. The van der Waals surface area contributed by atoms with Crippen LogP contribution in [0.4, 0.5) is 0 Å². The van der Waals surface area contributed by atoms with E-state index in [9.17, 15) is 4.79 Å². The molecule has 1 N–H and O–H groups in total. The molecule has 0 saturated carbocycles. The van der Waals surface area contributed by atoms with E-state index in [-0.39, 0.29) is 16.8 Å². The van der Waals surface area contributed by atoms with Gasteiger partial charge in [-0.05, 0) is 31.5 Å². The van der Waals surface area contributed by atoms with E-state index in [4.69, 9.17) is 9.47 Å². The lowest BCUT2D eigenvalue weighted by molar-refractivity contribution is -0.120. The van der Waals surface area contributed by atoms with Gasteiger partial charge in [0.05, 0.1) is 10.9 Å². The summed E-state index contributed by atoms with van der Waals surface area (Å²) in [4.78, 5) is 11.4. The first-order chi connectivity index (χ1) is 8.58. The Morgan fingerprint density at radius 3 is 2.61 bits per heavy atom. The average molecular weight is 314 g/mol. The second-order valence-electron chi connectivity index (χ2n) is 4.25. The van der Waals surface area contributed by atoms with Gasteiger partial charge in [0, 0.05) is 0 Å². The number of benzene rings is 1. The Bertz CT molecular complexity index is 448. The molecule has 5 heteroatoms. The van der Waals surface area contributed by atoms with Crippen molar-refractivity contribution in [1.29, 1.82) is 0 Å². The van der Waals surface area contributed by atoms with Crippen molar-refractivity contribution in [3.8, 4) is 11.5 Å². The second-order valence-corrected chi connectivity index (χ2v) is 5.62. The zero-order valence-electron chi connectivity index (χ0n) is 10.4. The Morgan fingerprint density at radius 2 is 1.94 bits per heavy atom. The first kappa shape index (κ1) is 13.2. The van der Waals surface area contributed by atoms with Crippen molar-refractivity contribution in [3.05, 3.63) is 23.8 Å². The highest BCUT2D eigenvalue weighted by Crippen LogP contribution is 2.32. The molecule has 0 bridgehead atoms. The van der Waals surface area contributed by atoms with Crippen LogP contribution in [0.3, 0.4) is 0 Å². The van der Waals surface area contributed by atoms with Crippen LogP contribution in [0.15, 0.2) is 18.2 Å². The van der Waals surface area contributed by atoms with Crippen LogP contribution in [-0.2, 0) is 4.79 Å². The molecule has 18 heavy (non-hydrogen) atoms. The van der Waals surface area contributed by atoms with Gasteiger partial charge in [0.2, 0.25) is 5.91 Å². The number of hydrogen-bond donors (Lipinski definition) is 1. The molecule has 0 radical (unpaired) electrons. The number of nitrogens with one attached hydrogen (secondary N) is 1. The molecular formula is C13H16BrNO3. The number of fused-ring (bicyclic) bond motifs is 1. The minimum Gasteiger partial charge on any atom is -0.486 e. The van der Waals surface area contributed by atoms with Gasteiger partial charge in [0.1, 0.15) is 13.2 Å². The van der Waals surface area contributed by atoms with Gasteiger partial charge < -0.3 is 14.8 Å². The minimum absolute atomic E-state index is 0.0302. The summed E-state index contributed by atoms with van der Waals surface area (Å²) in [6.07, 6.45) is 0. The number of carbonyl (C=O) groups excluding carboxylic acids is 1. The summed E-state index contributed by atoms with van der Waals surface area (Å²) in [5.41, 5.74) is 1.00. The molecule has 2 rings (SSSR count). The molecule has 2 atom stereocenters. The van der Waals surface area contributed by atoms with E-state index in [1.807, 2.05) is 25.1 Å². The van der Waals surface area contributed by atoms with Crippen LogP contribution in [0, 0.1) is 0 Å². The van der Waals surface area contributed by atoms with E-state index < -0.39 is 0 Å². The topological polar surface area (TPSA) is 47.6 Å². The summed E-state index contributed by atoms with van der Waals surface area (Å²) >= 11 is 3.24. The van der Waals surface area contributed by atoms with Gasteiger partial charge in [-0.2, -0.15) is 0 Å². The third-order valence-corrected chi connectivity index (χ3v) is 3.20. The molecule has 98 valence electrons. The molecule has 2 unspecified atom stereocenters. The van der Waals surface area contributed by atoms with Crippen molar-refractivity contribution in [2.75, 3.05) is 13.2 Å². The Labute approximate surface area is 115 Å². The van der Waals surface area contributed by atoms with Crippen molar-refractivity contribution in [2.45, 2.75) is 24.7 Å². The van der Waals surface area contributed by atoms with E-state index in [1.54, 1.807) is 6.92 Å². The van der Waals surface area contributed by atoms with Gasteiger partial charge in [-0.25, -0.2) is 0 Å². The summed E-state index contributed by atoms with van der Waals surface area (Å²) in [7, 11) is 0. The summed E-state index contributed by atoms with van der Waals surface area (Å²) in [6, 6.07) is 5.67. The van der Waals surface area contributed by atoms with Crippen LogP contribution in [0.5, 0.6) is 11.5 Å². The van der Waals surface area contributed by atoms with Crippen molar-refractivity contribution in [2.24, 2.45) is 0 Å². The van der Waals surface area contributed by atoms with E-state index in [0.29, 0.717) is 13.2 Å². The van der Waals surface area contributed by atoms with Gasteiger partial charge in [-0.3, -0.25) is 4.79 Å². The monoisotopic (exact) mass is 313 g/mol. The lowest BCUT2D eigenvalue weighted by Gasteiger charge is -2.21. The SMILES string of the molecule is CC(Br)C(=O)NC(C)c1ccc2c(c1)OCCO2. The first-order valence-corrected chi connectivity index (χ1v) is 6.83. The highest BCUT2D eigenvalue weighted by Gasteiger charge is 2.17. The largest absolute Gasteiger partial charge is 0.486 e. The number of ether oxygens (including phenoxy) is 2. The molecule has 0 aromatic heterocycles. The molecule has 1 amide bonds. The summed E-state index contributed by atoms with van der Waals surface area (Å²) in [5.74, 6) is 1.47. The van der Waals surface area contributed by atoms with Crippen LogP contribution in [0.25, 0.3) is 0 Å². The second kappa shape index (κ2) is 5.61. The van der Waals surface area contributed by atoms with Gasteiger partial charge in [0.25, 0.3) is 0 Å². The maximum Gasteiger partial charge on any atom is 0.233 e. The summed E-state index contributed by atoms with van der Waals surface area (Å²) < 4.78 is 11.0. The first-order valence-electron chi connectivity index (χ1n) is 5.92. The Morgan fingerprint density at radius 1 is 1.28 bits per heavy atom. The summed E-state index contributed by atoms with van der Waals surface area (Å²) in [6.45, 7) is 4.89. The van der Waals surface area contributed by atoms with Gasteiger partial charge in [-0.15, -0.1) is 0 Å². The molecule has 4 nitrogen and oxygen atoms in total. The highest BCUT2D eigenvalue weighted by atomic mass is 79.9. The molecule has 1 aromatic carbocycles. The number of carbonyl (C=O) groups is 1. The number of hydrogen-bond acceptors (Lipinski definition) is 3. The lowest BCUT2D eigenvalue weighted by Crippen LogP contribution is -2.31. The normalized spacial score (nSPS) is 16.8. The Hall–Kier alpha value is -1.23. The van der Waals surface area contributed by atoms with Crippen molar-refractivity contribution in [1.82, 2.24) is 5.32 Å². The fourth-order valence-corrected chi connectivity index (χ4v) is 1.87. The molecule has 1 aliphatic heterocycles. The molecular weight excluding hydrogens is 298 g/mol. The van der Waals surface area contributed by atoms with Crippen molar-refractivity contribution in [3.63, 3.8) is 0 Å². The predicted octanol–water partition coefficient (Wildman–Crippen LogP) is 2.42. The van der Waals surface area contributed by atoms with E-state index in [1.165, 1.54) is 0 Å². The number of halogens is 1. The van der Waals surface area contributed by atoms with E-state index in [2.05, 4.69) is 21.2 Å². The third-order valence-electron chi connectivity index (χ3n) is 2.79. The maximum absolute atomic E-state index is 11.6. The Balaban J connectivity index is 2.11. The molecule has 1 heterocycles. The fourth-order valence-electron chi connectivity index (χ4n) is 1.74.